The second-order valence-corrected chi connectivity index (χ2v) is 8.32. The molecule has 0 aliphatic heterocycles. The van der Waals surface area contributed by atoms with Crippen molar-refractivity contribution in [3.05, 3.63) is 65.2 Å². The van der Waals surface area contributed by atoms with E-state index in [1.807, 2.05) is 48.5 Å². The molecule has 0 saturated heterocycles. The number of aliphatic imine (C=N–C) groups is 1. The molecule has 0 radical (unpaired) electrons. The summed E-state index contributed by atoms with van der Waals surface area (Å²) in [4.78, 5) is 30.2. The standard InChI is InChI=1S/C25H33N5O2/c1-26-25(27-14-13-18-7-4-11-21(15-18)24(32)30(2)3)28-17-19-8-5-12-22(16-19)29-23(31)20-9-6-10-20/h4-5,7-8,11-12,15-16,20H,6,9-10,13-14,17H2,1-3H3,(H,29,31)(H2,26,27,28). The fourth-order valence-corrected chi connectivity index (χ4v) is 3.52. The van der Waals surface area contributed by atoms with Crippen LogP contribution in [0, 0.1) is 5.92 Å². The lowest BCUT2D eigenvalue weighted by molar-refractivity contribution is -0.122. The molecule has 0 heterocycles. The van der Waals surface area contributed by atoms with E-state index in [4.69, 9.17) is 0 Å². The Morgan fingerprint density at radius 2 is 1.78 bits per heavy atom. The van der Waals surface area contributed by atoms with Gasteiger partial charge in [0.25, 0.3) is 5.91 Å². The van der Waals surface area contributed by atoms with Gasteiger partial charge in [0.1, 0.15) is 0 Å². The van der Waals surface area contributed by atoms with Gasteiger partial charge in [-0.2, -0.15) is 0 Å². The Morgan fingerprint density at radius 1 is 1.03 bits per heavy atom. The molecule has 3 rings (SSSR count). The maximum Gasteiger partial charge on any atom is 0.253 e. The topological polar surface area (TPSA) is 85.8 Å². The zero-order valence-corrected chi connectivity index (χ0v) is 19.1. The molecule has 7 nitrogen and oxygen atoms in total. The predicted molar refractivity (Wildman–Crippen MR) is 129 cm³/mol. The maximum atomic E-state index is 12.2. The minimum absolute atomic E-state index is 0.00314. The van der Waals surface area contributed by atoms with Gasteiger partial charge in [0.15, 0.2) is 5.96 Å². The van der Waals surface area contributed by atoms with Gasteiger partial charge in [-0.3, -0.25) is 14.6 Å². The average molecular weight is 436 g/mol. The van der Waals surface area contributed by atoms with Crippen molar-refractivity contribution < 1.29 is 9.59 Å². The predicted octanol–water partition coefficient (Wildman–Crippen LogP) is 3.03. The molecule has 170 valence electrons. The first-order chi connectivity index (χ1) is 15.5. The van der Waals surface area contributed by atoms with Crippen LogP contribution >= 0.6 is 0 Å². The number of carbonyl (C=O) groups is 2. The van der Waals surface area contributed by atoms with Crippen LogP contribution in [-0.4, -0.2) is 50.4 Å². The fraction of sp³-hybridized carbons (Fsp3) is 0.400. The van der Waals surface area contributed by atoms with Crippen molar-refractivity contribution in [3.8, 4) is 0 Å². The Bertz CT molecular complexity index is 966. The first kappa shape index (κ1) is 23.3. The van der Waals surface area contributed by atoms with Crippen molar-refractivity contribution in [1.82, 2.24) is 15.5 Å². The number of guanidine groups is 1. The van der Waals surface area contributed by atoms with Gasteiger partial charge in [0.05, 0.1) is 0 Å². The molecule has 3 N–H and O–H groups in total. The number of anilines is 1. The van der Waals surface area contributed by atoms with Crippen molar-refractivity contribution in [2.45, 2.75) is 32.2 Å². The van der Waals surface area contributed by atoms with Crippen LogP contribution in [0.2, 0.25) is 0 Å². The lowest BCUT2D eigenvalue weighted by Crippen LogP contribution is -2.37. The van der Waals surface area contributed by atoms with Crippen LogP contribution in [0.5, 0.6) is 0 Å². The summed E-state index contributed by atoms with van der Waals surface area (Å²) >= 11 is 0. The Morgan fingerprint density at radius 3 is 2.47 bits per heavy atom. The van der Waals surface area contributed by atoms with Crippen LogP contribution in [0.1, 0.15) is 40.7 Å². The molecular formula is C25H33N5O2. The van der Waals surface area contributed by atoms with E-state index in [-0.39, 0.29) is 17.7 Å². The summed E-state index contributed by atoms with van der Waals surface area (Å²) in [5.41, 5.74) is 3.68. The highest BCUT2D eigenvalue weighted by Crippen LogP contribution is 2.27. The molecule has 32 heavy (non-hydrogen) atoms. The van der Waals surface area contributed by atoms with Crippen LogP contribution in [-0.2, 0) is 17.8 Å². The number of hydrogen-bond acceptors (Lipinski definition) is 3. The number of rotatable bonds is 8. The fourth-order valence-electron chi connectivity index (χ4n) is 3.52. The molecule has 0 atom stereocenters. The van der Waals surface area contributed by atoms with Crippen molar-refractivity contribution in [3.63, 3.8) is 0 Å². The summed E-state index contributed by atoms with van der Waals surface area (Å²) in [6.07, 6.45) is 3.91. The number of carbonyl (C=O) groups excluding carboxylic acids is 2. The van der Waals surface area contributed by atoms with E-state index in [0.29, 0.717) is 24.6 Å². The molecule has 0 aromatic heterocycles. The third-order valence-corrected chi connectivity index (χ3v) is 5.64. The van der Waals surface area contributed by atoms with Gasteiger partial charge in [-0.25, -0.2) is 0 Å². The molecule has 0 bridgehead atoms. The molecule has 0 spiro atoms. The second kappa shape index (κ2) is 11.3. The van der Waals surface area contributed by atoms with Crippen LogP contribution < -0.4 is 16.0 Å². The minimum atomic E-state index is 0.00314. The van der Waals surface area contributed by atoms with E-state index in [2.05, 4.69) is 20.9 Å². The van der Waals surface area contributed by atoms with Gasteiger partial charge in [0, 0.05) is 51.4 Å². The second-order valence-electron chi connectivity index (χ2n) is 8.32. The summed E-state index contributed by atoms with van der Waals surface area (Å²) < 4.78 is 0. The number of nitrogens with one attached hydrogen (secondary N) is 3. The van der Waals surface area contributed by atoms with E-state index >= 15 is 0 Å². The van der Waals surface area contributed by atoms with E-state index in [1.165, 1.54) is 0 Å². The molecule has 1 aliphatic rings. The number of benzene rings is 2. The molecular weight excluding hydrogens is 402 g/mol. The Balaban J connectivity index is 1.46. The van der Waals surface area contributed by atoms with Gasteiger partial charge < -0.3 is 20.9 Å². The number of hydrogen-bond donors (Lipinski definition) is 3. The first-order valence-corrected chi connectivity index (χ1v) is 11.1. The summed E-state index contributed by atoms with van der Waals surface area (Å²) in [6, 6.07) is 15.6. The average Bonchev–Trinajstić information content (AvgIpc) is 2.74. The number of nitrogens with zero attached hydrogens (tertiary/aromatic N) is 2. The molecule has 2 aromatic carbocycles. The van der Waals surface area contributed by atoms with Gasteiger partial charge in [-0.05, 0) is 54.7 Å². The molecule has 2 amide bonds. The third-order valence-electron chi connectivity index (χ3n) is 5.64. The van der Waals surface area contributed by atoms with Crippen LogP contribution in [0.3, 0.4) is 0 Å². The van der Waals surface area contributed by atoms with Crippen molar-refractivity contribution >= 4 is 23.5 Å². The molecule has 2 aromatic rings. The van der Waals surface area contributed by atoms with E-state index < -0.39 is 0 Å². The van der Waals surface area contributed by atoms with Crippen molar-refractivity contribution in [1.29, 1.82) is 0 Å². The van der Waals surface area contributed by atoms with E-state index in [9.17, 15) is 9.59 Å². The summed E-state index contributed by atoms with van der Waals surface area (Å²) in [7, 11) is 5.25. The lowest BCUT2D eigenvalue weighted by atomic mass is 9.85. The Labute approximate surface area is 190 Å². The van der Waals surface area contributed by atoms with E-state index in [0.717, 1.165) is 42.5 Å². The van der Waals surface area contributed by atoms with Crippen molar-refractivity contribution in [2.24, 2.45) is 10.9 Å². The Kier molecular flexibility index (Phi) is 8.25. The van der Waals surface area contributed by atoms with Gasteiger partial charge >= 0.3 is 0 Å². The molecule has 0 unspecified atom stereocenters. The minimum Gasteiger partial charge on any atom is -0.356 e. The quantitative estimate of drug-likeness (QED) is 0.439. The highest BCUT2D eigenvalue weighted by molar-refractivity contribution is 5.94. The summed E-state index contributed by atoms with van der Waals surface area (Å²) in [6.45, 7) is 1.29. The lowest BCUT2D eigenvalue weighted by Gasteiger charge is -2.24. The van der Waals surface area contributed by atoms with Crippen LogP contribution in [0.15, 0.2) is 53.5 Å². The van der Waals surface area contributed by atoms with E-state index in [1.54, 1.807) is 26.0 Å². The highest BCUT2D eigenvalue weighted by atomic mass is 16.2. The molecule has 1 saturated carbocycles. The zero-order valence-electron chi connectivity index (χ0n) is 19.1. The number of amides is 2. The summed E-state index contributed by atoms with van der Waals surface area (Å²) in [5.74, 6) is 0.995. The molecule has 1 fully saturated rings. The third kappa shape index (κ3) is 6.57. The zero-order chi connectivity index (χ0) is 22.9. The van der Waals surface area contributed by atoms with Crippen LogP contribution in [0.25, 0.3) is 0 Å². The van der Waals surface area contributed by atoms with Gasteiger partial charge in [0.2, 0.25) is 5.91 Å². The van der Waals surface area contributed by atoms with Gasteiger partial charge in [-0.1, -0.05) is 30.7 Å². The monoisotopic (exact) mass is 435 g/mol. The summed E-state index contributed by atoms with van der Waals surface area (Å²) in [5, 5.41) is 9.64. The Hall–Kier alpha value is -3.35. The molecule has 7 heteroatoms. The SMILES string of the molecule is CN=C(NCCc1cccc(C(=O)N(C)C)c1)NCc1cccc(NC(=O)C2CCC2)c1. The normalized spacial score (nSPS) is 13.8. The smallest absolute Gasteiger partial charge is 0.253 e. The first-order valence-electron chi connectivity index (χ1n) is 11.1. The van der Waals surface area contributed by atoms with Crippen LogP contribution in [0.4, 0.5) is 5.69 Å². The highest BCUT2D eigenvalue weighted by Gasteiger charge is 2.25. The maximum absolute atomic E-state index is 12.2. The van der Waals surface area contributed by atoms with Gasteiger partial charge in [-0.15, -0.1) is 0 Å². The molecule has 1 aliphatic carbocycles. The largest absolute Gasteiger partial charge is 0.356 e. The van der Waals surface area contributed by atoms with Crippen molar-refractivity contribution in [2.75, 3.05) is 33.0 Å².